The summed E-state index contributed by atoms with van der Waals surface area (Å²) in [5.74, 6) is 2.77. The first-order chi connectivity index (χ1) is 7.79. The van der Waals surface area contributed by atoms with Crippen molar-refractivity contribution in [3.05, 3.63) is 11.7 Å². The second-order valence-corrected chi connectivity index (χ2v) is 5.61. The van der Waals surface area contributed by atoms with E-state index >= 15 is 0 Å². The molecule has 2 atom stereocenters. The predicted molar refractivity (Wildman–Crippen MR) is 65.3 cm³/mol. The van der Waals surface area contributed by atoms with E-state index in [1.165, 1.54) is 18.6 Å². The zero-order valence-electron chi connectivity index (χ0n) is 9.69. The number of aromatic nitrogens is 2. The van der Waals surface area contributed by atoms with Gasteiger partial charge in [-0.1, -0.05) is 18.5 Å². The first kappa shape index (κ1) is 11.9. The highest BCUT2D eigenvalue weighted by atomic mass is 32.2. The lowest BCUT2D eigenvalue weighted by Crippen LogP contribution is -2.22. The van der Waals surface area contributed by atoms with Crippen LogP contribution in [0.15, 0.2) is 4.52 Å². The molecule has 4 nitrogen and oxygen atoms in total. The van der Waals surface area contributed by atoms with Gasteiger partial charge in [-0.05, 0) is 25.0 Å². The standard InChI is InChI=1S/C11H19N3OS/c1-2-4-8(12)7-10-13-11(14-15-10)9-5-3-6-16-9/h8-9H,2-7,12H2,1H3. The van der Waals surface area contributed by atoms with Crippen LogP contribution in [0.1, 0.15) is 49.6 Å². The largest absolute Gasteiger partial charge is 0.339 e. The van der Waals surface area contributed by atoms with Gasteiger partial charge in [0.15, 0.2) is 5.82 Å². The van der Waals surface area contributed by atoms with Crippen LogP contribution >= 0.6 is 11.8 Å². The average Bonchev–Trinajstić information content (AvgIpc) is 2.86. The molecule has 2 heterocycles. The van der Waals surface area contributed by atoms with Crippen LogP contribution in [-0.2, 0) is 6.42 Å². The van der Waals surface area contributed by atoms with Crippen LogP contribution in [0.5, 0.6) is 0 Å². The maximum absolute atomic E-state index is 5.95. The van der Waals surface area contributed by atoms with E-state index in [1.54, 1.807) is 0 Å². The Labute approximate surface area is 100 Å². The third-order valence-electron chi connectivity index (χ3n) is 2.80. The van der Waals surface area contributed by atoms with Crippen LogP contribution in [0.3, 0.4) is 0 Å². The Bertz CT molecular complexity index is 323. The number of thioether (sulfide) groups is 1. The van der Waals surface area contributed by atoms with E-state index < -0.39 is 0 Å². The van der Waals surface area contributed by atoms with Gasteiger partial charge in [-0.2, -0.15) is 16.7 Å². The van der Waals surface area contributed by atoms with Crippen LogP contribution in [0.4, 0.5) is 0 Å². The molecule has 0 aromatic carbocycles. The van der Waals surface area contributed by atoms with Crippen molar-refractivity contribution in [3.8, 4) is 0 Å². The number of hydrogen-bond acceptors (Lipinski definition) is 5. The van der Waals surface area contributed by atoms with Gasteiger partial charge in [0.1, 0.15) is 0 Å². The molecule has 1 aliphatic rings. The summed E-state index contributed by atoms with van der Waals surface area (Å²) < 4.78 is 5.24. The Morgan fingerprint density at radius 3 is 3.19 bits per heavy atom. The molecule has 0 amide bonds. The Hall–Kier alpha value is -0.550. The van der Waals surface area contributed by atoms with Crippen molar-refractivity contribution >= 4 is 11.8 Å². The van der Waals surface area contributed by atoms with E-state index in [2.05, 4.69) is 17.1 Å². The Morgan fingerprint density at radius 2 is 2.50 bits per heavy atom. The molecular weight excluding hydrogens is 222 g/mol. The molecule has 0 saturated carbocycles. The van der Waals surface area contributed by atoms with Gasteiger partial charge in [0, 0.05) is 12.5 Å². The zero-order chi connectivity index (χ0) is 11.4. The second kappa shape index (κ2) is 5.68. The second-order valence-electron chi connectivity index (χ2n) is 4.30. The highest BCUT2D eigenvalue weighted by Gasteiger charge is 2.23. The molecule has 1 fully saturated rings. The first-order valence-electron chi connectivity index (χ1n) is 5.99. The number of hydrogen-bond donors (Lipinski definition) is 1. The fourth-order valence-electron chi connectivity index (χ4n) is 1.96. The van der Waals surface area contributed by atoms with Gasteiger partial charge in [-0.3, -0.25) is 0 Å². The summed E-state index contributed by atoms with van der Waals surface area (Å²) in [5.41, 5.74) is 5.95. The van der Waals surface area contributed by atoms with Crippen molar-refractivity contribution in [2.75, 3.05) is 5.75 Å². The topological polar surface area (TPSA) is 64.9 Å². The molecule has 1 aromatic rings. The van der Waals surface area contributed by atoms with Crippen molar-refractivity contribution in [1.82, 2.24) is 10.1 Å². The van der Waals surface area contributed by atoms with E-state index in [-0.39, 0.29) is 6.04 Å². The van der Waals surface area contributed by atoms with E-state index in [0.29, 0.717) is 17.6 Å². The molecule has 1 saturated heterocycles. The van der Waals surface area contributed by atoms with E-state index in [9.17, 15) is 0 Å². The van der Waals surface area contributed by atoms with Crippen LogP contribution in [-0.4, -0.2) is 21.9 Å². The summed E-state index contributed by atoms with van der Waals surface area (Å²) in [6.45, 7) is 2.13. The number of nitrogens with two attached hydrogens (primary N) is 1. The monoisotopic (exact) mass is 241 g/mol. The minimum atomic E-state index is 0.148. The van der Waals surface area contributed by atoms with Crippen molar-refractivity contribution in [2.45, 2.75) is 50.3 Å². The van der Waals surface area contributed by atoms with Gasteiger partial charge < -0.3 is 10.3 Å². The molecule has 0 spiro atoms. The Balaban J connectivity index is 1.91. The highest BCUT2D eigenvalue weighted by Crippen LogP contribution is 2.38. The van der Waals surface area contributed by atoms with E-state index in [4.69, 9.17) is 10.3 Å². The van der Waals surface area contributed by atoms with Crippen LogP contribution in [0.25, 0.3) is 0 Å². The molecule has 90 valence electrons. The van der Waals surface area contributed by atoms with Gasteiger partial charge in [0.25, 0.3) is 0 Å². The molecule has 1 aromatic heterocycles. The van der Waals surface area contributed by atoms with Crippen LogP contribution < -0.4 is 5.73 Å². The quantitative estimate of drug-likeness (QED) is 0.857. The first-order valence-corrected chi connectivity index (χ1v) is 7.04. The summed E-state index contributed by atoms with van der Waals surface area (Å²) >= 11 is 1.92. The van der Waals surface area contributed by atoms with Crippen molar-refractivity contribution in [2.24, 2.45) is 5.73 Å². The van der Waals surface area contributed by atoms with Gasteiger partial charge in [0.05, 0.1) is 5.25 Å². The third kappa shape index (κ3) is 2.98. The molecule has 0 bridgehead atoms. The lowest BCUT2D eigenvalue weighted by atomic mass is 10.1. The molecule has 2 unspecified atom stereocenters. The van der Waals surface area contributed by atoms with Gasteiger partial charge in [0.2, 0.25) is 5.89 Å². The maximum atomic E-state index is 5.95. The zero-order valence-corrected chi connectivity index (χ0v) is 10.5. The lowest BCUT2D eigenvalue weighted by Gasteiger charge is -2.05. The third-order valence-corrected chi connectivity index (χ3v) is 4.17. The van der Waals surface area contributed by atoms with Crippen molar-refractivity contribution in [1.29, 1.82) is 0 Å². The van der Waals surface area contributed by atoms with E-state index in [1.807, 2.05) is 11.8 Å². The van der Waals surface area contributed by atoms with Crippen LogP contribution in [0, 0.1) is 0 Å². The lowest BCUT2D eigenvalue weighted by molar-refractivity contribution is 0.360. The fraction of sp³-hybridized carbons (Fsp3) is 0.818. The number of rotatable bonds is 5. The minimum absolute atomic E-state index is 0.148. The molecule has 1 aliphatic heterocycles. The molecule has 0 aliphatic carbocycles. The summed E-state index contributed by atoms with van der Waals surface area (Å²) in [7, 11) is 0. The molecule has 0 radical (unpaired) electrons. The maximum Gasteiger partial charge on any atom is 0.228 e. The molecule has 2 rings (SSSR count). The summed E-state index contributed by atoms with van der Waals surface area (Å²) in [6.07, 6.45) is 5.24. The van der Waals surface area contributed by atoms with Gasteiger partial charge >= 0.3 is 0 Å². The molecule has 16 heavy (non-hydrogen) atoms. The summed E-state index contributed by atoms with van der Waals surface area (Å²) in [5, 5.41) is 4.49. The smallest absolute Gasteiger partial charge is 0.228 e. The van der Waals surface area contributed by atoms with Crippen molar-refractivity contribution < 1.29 is 4.52 Å². The number of nitrogens with zero attached hydrogens (tertiary/aromatic N) is 2. The Morgan fingerprint density at radius 1 is 1.62 bits per heavy atom. The predicted octanol–water partition coefficient (Wildman–Crippen LogP) is 2.31. The average molecular weight is 241 g/mol. The highest BCUT2D eigenvalue weighted by molar-refractivity contribution is 7.99. The molecule has 2 N–H and O–H groups in total. The summed E-state index contributed by atoms with van der Waals surface area (Å²) in [4.78, 5) is 4.44. The van der Waals surface area contributed by atoms with Gasteiger partial charge in [-0.25, -0.2) is 0 Å². The van der Waals surface area contributed by atoms with Gasteiger partial charge in [-0.15, -0.1) is 0 Å². The summed E-state index contributed by atoms with van der Waals surface area (Å²) in [6, 6.07) is 0.148. The normalized spacial score (nSPS) is 22.5. The molecule has 5 heteroatoms. The Kier molecular flexibility index (Phi) is 4.23. The van der Waals surface area contributed by atoms with E-state index in [0.717, 1.165) is 18.7 Å². The van der Waals surface area contributed by atoms with Crippen LogP contribution in [0.2, 0.25) is 0 Å². The minimum Gasteiger partial charge on any atom is -0.339 e. The molecular formula is C11H19N3OS. The fourth-order valence-corrected chi connectivity index (χ4v) is 3.16. The SMILES string of the molecule is CCCC(N)Cc1nc(C2CCCS2)no1. The van der Waals surface area contributed by atoms with Crippen molar-refractivity contribution in [3.63, 3.8) is 0 Å².